The second-order valence-corrected chi connectivity index (χ2v) is 6.10. The Bertz CT molecular complexity index is 543. The Morgan fingerprint density at radius 2 is 1.90 bits per heavy atom. The molecule has 1 aromatic carbocycles. The largest absolute Gasteiger partial charge is 0.306 e. The Morgan fingerprint density at radius 1 is 1.19 bits per heavy atom. The zero-order valence-corrected chi connectivity index (χ0v) is 13.6. The average molecular weight is 285 g/mol. The van der Waals surface area contributed by atoms with Gasteiger partial charge >= 0.3 is 0 Å². The first-order valence-corrected chi connectivity index (χ1v) is 7.89. The van der Waals surface area contributed by atoms with Crippen LogP contribution in [0.4, 0.5) is 0 Å². The van der Waals surface area contributed by atoms with Crippen LogP contribution in [0.2, 0.25) is 0 Å². The SMILES string of the molecule is CCc1nn(C)cc1CNC(CC(C)C)c1ccccc1. The monoisotopic (exact) mass is 285 g/mol. The van der Waals surface area contributed by atoms with Crippen LogP contribution in [-0.4, -0.2) is 9.78 Å². The lowest BCUT2D eigenvalue weighted by molar-refractivity contribution is 0.428. The van der Waals surface area contributed by atoms with E-state index in [1.165, 1.54) is 16.8 Å². The molecule has 0 aliphatic heterocycles. The van der Waals surface area contributed by atoms with Gasteiger partial charge in [-0.1, -0.05) is 51.1 Å². The molecule has 1 unspecified atom stereocenters. The Labute approximate surface area is 128 Å². The molecule has 0 fully saturated rings. The lowest BCUT2D eigenvalue weighted by Gasteiger charge is -2.21. The summed E-state index contributed by atoms with van der Waals surface area (Å²) in [5.74, 6) is 0.669. The Hall–Kier alpha value is -1.61. The number of nitrogens with zero attached hydrogens (tertiary/aromatic N) is 2. The number of rotatable bonds is 7. The molecule has 114 valence electrons. The number of aromatic nitrogens is 2. The molecule has 0 saturated heterocycles. The molecule has 21 heavy (non-hydrogen) atoms. The Kier molecular flexibility index (Phi) is 5.57. The van der Waals surface area contributed by atoms with E-state index >= 15 is 0 Å². The molecule has 0 radical (unpaired) electrons. The fraction of sp³-hybridized carbons (Fsp3) is 0.500. The van der Waals surface area contributed by atoms with Gasteiger partial charge in [-0.2, -0.15) is 5.10 Å². The van der Waals surface area contributed by atoms with Crippen LogP contribution in [0.5, 0.6) is 0 Å². The van der Waals surface area contributed by atoms with Crippen molar-refractivity contribution in [3.05, 3.63) is 53.3 Å². The van der Waals surface area contributed by atoms with Crippen molar-refractivity contribution in [1.29, 1.82) is 0 Å². The zero-order chi connectivity index (χ0) is 15.2. The quantitative estimate of drug-likeness (QED) is 0.837. The summed E-state index contributed by atoms with van der Waals surface area (Å²) in [6.07, 6.45) is 4.26. The highest BCUT2D eigenvalue weighted by atomic mass is 15.3. The summed E-state index contributed by atoms with van der Waals surface area (Å²) in [4.78, 5) is 0. The van der Waals surface area contributed by atoms with Gasteiger partial charge in [-0.25, -0.2) is 0 Å². The van der Waals surface area contributed by atoms with E-state index in [1.807, 2.05) is 11.7 Å². The van der Waals surface area contributed by atoms with Gasteiger partial charge in [-0.15, -0.1) is 0 Å². The van der Waals surface area contributed by atoms with Gasteiger partial charge in [0.25, 0.3) is 0 Å². The smallest absolute Gasteiger partial charge is 0.0666 e. The van der Waals surface area contributed by atoms with Gasteiger partial charge in [0.1, 0.15) is 0 Å². The van der Waals surface area contributed by atoms with E-state index in [0.717, 1.165) is 19.4 Å². The maximum Gasteiger partial charge on any atom is 0.0666 e. The van der Waals surface area contributed by atoms with Crippen molar-refractivity contribution in [1.82, 2.24) is 15.1 Å². The Morgan fingerprint density at radius 3 is 2.52 bits per heavy atom. The lowest BCUT2D eigenvalue weighted by atomic mass is 9.97. The molecule has 3 nitrogen and oxygen atoms in total. The van der Waals surface area contributed by atoms with Gasteiger partial charge in [0.15, 0.2) is 0 Å². The Balaban J connectivity index is 2.08. The minimum atomic E-state index is 0.399. The third kappa shape index (κ3) is 4.43. The summed E-state index contributed by atoms with van der Waals surface area (Å²) in [5, 5.41) is 8.24. The summed E-state index contributed by atoms with van der Waals surface area (Å²) < 4.78 is 1.91. The van der Waals surface area contributed by atoms with Crippen LogP contribution in [0.3, 0.4) is 0 Å². The van der Waals surface area contributed by atoms with Gasteiger partial charge in [-0.3, -0.25) is 4.68 Å². The highest BCUT2D eigenvalue weighted by Crippen LogP contribution is 2.22. The van der Waals surface area contributed by atoms with E-state index in [9.17, 15) is 0 Å². The predicted molar refractivity (Wildman–Crippen MR) is 88.1 cm³/mol. The number of hydrogen-bond donors (Lipinski definition) is 1. The van der Waals surface area contributed by atoms with Crippen molar-refractivity contribution < 1.29 is 0 Å². The topological polar surface area (TPSA) is 29.9 Å². The molecular formula is C18H27N3. The number of nitrogens with one attached hydrogen (secondary N) is 1. The minimum Gasteiger partial charge on any atom is -0.306 e. The fourth-order valence-electron chi connectivity index (χ4n) is 2.76. The summed E-state index contributed by atoms with van der Waals surface area (Å²) >= 11 is 0. The van der Waals surface area contributed by atoms with Crippen LogP contribution in [0.25, 0.3) is 0 Å². The van der Waals surface area contributed by atoms with Gasteiger partial charge in [0.2, 0.25) is 0 Å². The molecule has 0 aliphatic carbocycles. The maximum absolute atomic E-state index is 4.52. The van der Waals surface area contributed by atoms with Crippen molar-refractivity contribution in [3.63, 3.8) is 0 Å². The van der Waals surface area contributed by atoms with Crippen LogP contribution in [0, 0.1) is 5.92 Å². The second kappa shape index (κ2) is 7.41. The van der Waals surface area contributed by atoms with E-state index in [1.54, 1.807) is 0 Å². The summed E-state index contributed by atoms with van der Waals surface area (Å²) in [7, 11) is 1.99. The van der Waals surface area contributed by atoms with E-state index < -0.39 is 0 Å². The summed E-state index contributed by atoms with van der Waals surface area (Å²) in [5.41, 5.74) is 3.87. The minimum absolute atomic E-state index is 0.399. The van der Waals surface area contributed by atoms with Crippen LogP contribution in [0.15, 0.2) is 36.5 Å². The van der Waals surface area contributed by atoms with Crippen molar-refractivity contribution in [2.24, 2.45) is 13.0 Å². The molecule has 0 aliphatic rings. The number of aryl methyl sites for hydroxylation is 2. The van der Waals surface area contributed by atoms with Crippen LogP contribution in [0.1, 0.15) is 50.1 Å². The van der Waals surface area contributed by atoms with E-state index in [4.69, 9.17) is 0 Å². The molecule has 0 bridgehead atoms. The number of hydrogen-bond acceptors (Lipinski definition) is 2. The molecule has 2 aromatic rings. The molecule has 1 aromatic heterocycles. The first-order valence-electron chi connectivity index (χ1n) is 7.89. The number of benzene rings is 1. The molecule has 0 saturated carbocycles. The van der Waals surface area contributed by atoms with Gasteiger partial charge in [0, 0.05) is 31.4 Å². The van der Waals surface area contributed by atoms with Crippen molar-refractivity contribution in [2.75, 3.05) is 0 Å². The van der Waals surface area contributed by atoms with Crippen molar-refractivity contribution >= 4 is 0 Å². The molecule has 0 spiro atoms. The molecule has 3 heteroatoms. The fourth-order valence-corrected chi connectivity index (χ4v) is 2.76. The van der Waals surface area contributed by atoms with Crippen LogP contribution in [-0.2, 0) is 20.0 Å². The lowest BCUT2D eigenvalue weighted by Crippen LogP contribution is -2.22. The molecule has 0 amide bonds. The standard InChI is InChI=1S/C18H27N3/c1-5-17-16(13-21(4)20-17)12-19-18(11-14(2)3)15-9-7-6-8-10-15/h6-10,13-14,18-19H,5,11-12H2,1-4H3. The zero-order valence-electron chi connectivity index (χ0n) is 13.6. The third-order valence-corrected chi connectivity index (χ3v) is 3.77. The van der Waals surface area contributed by atoms with E-state index in [0.29, 0.717) is 12.0 Å². The first-order chi connectivity index (χ1) is 10.1. The van der Waals surface area contributed by atoms with E-state index in [2.05, 4.69) is 67.7 Å². The third-order valence-electron chi connectivity index (χ3n) is 3.77. The molecule has 2 rings (SSSR count). The van der Waals surface area contributed by atoms with E-state index in [-0.39, 0.29) is 0 Å². The molecule has 1 atom stereocenters. The summed E-state index contributed by atoms with van der Waals surface area (Å²) in [6.45, 7) is 7.59. The first kappa shape index (κ1) is 15.8. The van der Waals surface area contributed by atoms with Crippen LogP contribution >= 0.6 is 0 Å². The van der Waals surface area contributed by atoms with Gasteiger partial charge < -0.3 is 5.32 Å². The highest BCUT2D eigenvalue weighted by molar-refractivity contribution is 5.21. The molecule has 1 heterocycles. The normalized spacial score (nSPS) is 12.8. The van der Waals surface area contributed by atoms with Crippen molar-refractivity contribution in [2.45, 2.75) is 46.2 Å². The van der Waals surface area contributed by atoms with Crippen LogP contribution < -0.4 is 5.32 Å². The average Bonchev–Trinajstić information content (AvgIpc) is 2.84. The van der Waals surface area contributed by atoms with Gasteiger partial charge in [0.05, 0.1) is 5.69 Å². The second-order valence-electron chi connectivity index (χ2n) is 6.10. The summed E-state index contributed by atoms with van der Waals surface area (Å²) in [6, 6.07) is 11.1. The predicted octanol–water partition coefficient (Wildman–Crippen LogP) is 3.86. The van der Waals surface area contributed by atoms with Gasteiger partial charge in [-0.05, 0) is 24.3 Å². The maximum atomic E-state index is 4.52. The van der Waals surface area contributed by atoms with Crippen molar-refractivity contribution in [3.8, 4) is 0 Å². The molecule has 1 N–H and O–H groups in total. The molecular weight excluding hydrogens is 258 g/mol. The highest BCUT2D eigenvalue weighted by Gasteiger charge is 2.14.